The predicted molar refractivity (Wildman–Crippen MR) is 91.5 cm³/mol. The molecule has 5 heteroatoms. The van der Waals surface area contributed by atoms with Gasteiger partial charge < -0.3 is 18.9 Å². The topological polar surface area (TPSA) is 54.0 Å². The first-order valence-electron chi connectivity index (χ1n) is 8.44. The highest BCUT2D eigenvalue weighted by Crippen LogP contribution is 2.35. The van der Waals surface area contributed by atoms with Crippen LogP contribution in [0.4, 0.5) is 0 Å². The highest BCUT2D eigenvalue weighted by Gasteiger charge is 2.24. The van der Waals surface area contributed by atoms with Crippen LogP contribution in [0.3, 0.4) is 0 Å². The highest BCUT2D eigenvalue weighted by molar-refractivity contribution is 5.98. The molecule has 0 N–H and O–H groups in total. The van der Waals surface area contributed by atoms with E-state index >= 15 is 0 Å². The number of fused-ring (bicyclic) bond motifs is 2. The van der Waals surface area contributed by atoms with E-state index in [0.717, 1.165) is 23.5 Å². The predicted octanol–water partition coefficient (Wildman–Crippen LogP) is 3.84. The lowest BCUT2D eigenvalue weighted by atomic mass is 9.84. The van der Waals surface area contributed by atoms with Gasteiger partial charge in [-0.15, -0.1) is 0 Å². The van der Waals surface area contributed by atoms with Crippen LogP contribution in [0, 0.1) is 11.8 Å². The average Bonchev–Trinajstić information content (AvgIpc) is 3.28. The van der Waals surface area contributed by atoms with Crippen LogP contribution in [-0.2, 0) is 6.42 Å². The van der Waals surface area contributed by atoms with E-state index in [1.807, 2.05) is 25.1 Å². The quantitative estimate of drug-likeness (QED) is 0.774. The molecule has 0 saturated heterocycles. The minimum atomic E-state index is -0.106. The third-order valence-corrected chi connectivity index (χ3v) is 4.92. The first kappa shape index (κ1) is 15.8. The molecule has 0 bridgehead atoms. The molecule has 25 heavy (non-hydrogen) atoms. The SMILES string of the molecule is CC(C(=O)c1ccc2c(c1)OCO2)[C@H](C)Cc1ccc2c(c1)OCO2. The van der Waals surface area contributed by atoms with Gasteiger partial charge in [0.2, 0.25) is 13.6 Å². The van der Waals surface area contributed by atoms with E-state index in [1.165, 1.54) is 0 Å². The first-order valence-corrected chi connectivity index (χ1v) is 8.44. The van der Waals surface area contributed by atoms with Crippen LogP contribution in [0.15, 0.2) is 36.4 Å². The van der Waals surface area contributed by atoms with Crippen LogP contribution in [0.25, 0.3) is 0 Å². The van der Waals surface area contributed by atoms with Crippen molar-refractivity contribution in [2.75, 3.05) is 13.6 Å². The van der Waals surface area contributed by atoms with Gasteiger partial charge in [-0.25, -0.2) is 0 Å². The van der Waals surface area contributed by atoms with Crippen molar-refractivity contribution in [2.24, 2.45) is 11.8 Å². The molecule has 1 unspecified atom stereocenters. The zero-order valence-corrected chi connectivity index (χ0v) is 14.3. The second-order valence-electron chi connectivity index (χ2n) is 6.59. The number of ether oxygens (including phenoxy) is 4. The largest absolute Gasteiger partial charge is 0.454 e. The van der Waals surface area contributed by atoms with Crippen LogP contribution in [0.2, 0.25) is 0 Å². The van der Waals surface area contributed by atoms with Gasteiger partial charge in [-0.2, -0.15) is 0 Å². The molecule has 0 aliphatic carbocycles. The van der Waals surface area contributed by atoms with Gasteiger partial charge in [-0.1, -0.05) is 19.9 Å². The van der Waals surface area contributed by atoms with E-state index in [2.05, 4.69) is 6.92 Å². The Balaban J connectivity index is 1.46. The number of carbonyl (C=O) groups is 1. The molecule has 2 aromatic carbocycles. The standard InChI is InChI=1S/C20H20O5/c1-12(7-14-3-5-16-18(8-14)24-10-22-16)13(2)20(21)15-4-6-17-19(9-15)25-11-23-17/h3-6,8-9,12-13H,7,10-11H2,1-2H3/t12-,13?/m1/s1. The number of carbonyl (C=O) groups excluding carboxylic acids is 1. The van der Waals surface area contributed by atoms with Crippen molar-refractivity contribution in [1.82, 2.24) is 0 Å². The van der Waals surface area contributed by atoms with Crippen molar-refractivity contribution in [1.29, 1.82) is 0 Å². The Kier molecular flexibility index (Phi) is 3.99. The molecule has 0 aromatic heterocycles. The summed E-state index contributed by atoms with van der Waals surface area (Å²) in [7, 11) is 0. The van der Waals surface area contributed by atoms with Crippen molar-refractivity contribution in [2.45, 2.75) is 20.3 Å². The van der Waals surface area contributed by atoms with Crippen LogP contribution in [0.1, 0.15) is 29.8 Å². The Labute approximate surface area is 146 Å². The summed E-state index contributed by atoms with van der Waals surface area (Å²) < 4.78 is 21.4. The fourth-order valence-electron chi connectivity index (χ4n) is 3.19. The molecule has 2 heterocycles. The third-order valence-electron chi connectivity index (χ3n) is 4.92. The molecule has 0 saturated carbocycles. The van der Waals surface area contributed by atoms with Crippen molar-refractivity contribution >= 4 is 5.78 Å². The second-order valence-corrected chi connectivity index (χ2v) is 6.59. The first-order chi connectivity index (χ1) is 12.1. The van der Waals surface area contributed by atoms with E-state index in [4.69, 9.17) is 18.9 Å². The van der Waals surface area contributed by atoms with Crippen LogP contribution >= 0.6 is 0 Å². The lowest BCUT2D eigenvalue weighted by molar-refractivity contribution is 0.0892. The summed E-state index contributed by atoms with van der Waals surface area (Å²) in [6.45, 7) is 4.56. The maximum absolute atomic E-state index is 12.8. The molecule has 0 radical (unpaired) electrons. The molecule has 2 atom stereocenters. The second kappa shape index (κ2) is 6.31. The lowest BCUT2D eigenvalue weighted by Crippen LogP contribution is -2.20. The molecular formula is C20H20O5. The molecule has 2 aliphatic heterocycles. The molecule has 2 aliphatic rings. The summed E-state index contributed by atoms with van der Waals surface area (Å²) in [6.07, 6.45) is 0.800. The Morgan fingerprint density at radius 2 is 1.48 bits per heavy atom. The fraction of sp³-hybridized carbons (Fsp3) is 0.350. The summed E-state index contributed by atoms with van der Waals surface area (Å²) in [6, 6.07) is 11.3. The van der Waals surface area contributed by atoms with Gasteiger partial charge in [0.25, 0.3) is 0 Å². The number of benzene rings is 2. The van der Waals surface area contributed by atoms with Gasteiger partial charge in [0.15, 0.2) is 28.8 Å². The van der Waals surface area contributed by atoms with Crippen molar-refractivity contribution in [3.63, 3.8) is 0 Å². The zero-order valence-electron chi connectivity index (χ0n) is 14.3. The summed E-state index contributed by atoms with van der Waals surface area (Å²) in [5.74, 6) is 3.09. The van der Waals surface area contributed by atoms with E-state index in [9.17, 15) is 4.79 Å². The molecule has 130 valence electrons. The summed E-state index contributed by atoms with van der Waals surface area (Å²) >= 11 is 0. The van der Waals surface area contributed by atoms with Gasteiger partial charge in [0.1, 0.15) is 0 Å². The van der Waals surface area contributed by atoms with Gasteiger partial charge in [0.05, 0.1) is 0 Å². The van der Waals surface area contributed by atoms with E-state index in [0.29, 0.717) is 17.1 Å². The zero-order chi connectivity index (χ0) is 17.4. The molecule has 4 rings (SSSR count). The fourth-order valence-corrected chi connectivity index (χ4v) is 3.19. The lowest BCUT2D eigenvalue weighted by Gasteiger charge is -2.19. The van der Waals surface area contributed by atoms with E-state index in [-0.39, 0.29) is 31.2 Å². The monoisotopic (exact) mass is 340 g/mol. The number of ketones is 1. The van der Waals surface area contributed by atoms with E-state index in [1.54, 1.807) is 18.2 Å². The Morgan fingerprint density at radius 3 is 2.20 bits per heavy atom. The molecule has 0 fully saturated rings. The minimum absolute atomic E-state index is 0.106. The van der Waals surface area contributed by atoms with Crippen LogP contribution < -0.4 is 18.9 Å². The van der Waals surface area contributed by atoms with Crippen molar-refractivity contribution in [3.05, 3.63) is 47.5 Å². The maximum atomic E-state index is 12.8. The average molecular weight is 340 g/mol. The Morgan fingerprint density at radius 1 is 0.880 bits per heavy atom. The number of Topliss-reactive ketones (excluding diaryl/α,β-unsaturated/α-hetero) is 1. The smallest absolute Gasteiger partial charge is 0.231 e. The highest BCUT2D eigenvalue weighted by atomic mass is 16.7. The number of hydrogen-bond acceptors (Lipinski definition) is 5. The molecule has 2 aromatic rings. The normalized spacial score (nSPS) is 16.6. The summed E-state index contributed by atoms with van der Waals surface area (Å²) in [4.78, 5) is 12.8. The Hall–Kier alpha value is -2.69. The molecule has 5 nitrogen and oxygen atoms in total. The molecule has 0 spiro atoms. The van der Waals surface area contributed by atoms with Crippen LogP contribution in [-0.4, -0.2) is 19.4 Å². The summed E-state index contributed by atoms with van der Waals surface area (Å²) in [5, 5.41) is 0. The van der Waals surface area contributed by atoms with Gasteiger partial charge in [0, 0.05) is 11.5 Å². The number of rotatable bonds is 5. The minimum Gasteiger partial charge on any atom is -0.454 e. The van der Waals surface area contributed by atoms with Crippen molar-refractivity contribution < 1.29 is 23.7 Å². The van der Waals surface area contributed by atoms with Crippen molar-refractivity contribution in [3.8, 4) is 23.0 Å². The number of hydrogen-bond donors (Lipinski definition) is 0. The molecular weight excluding hydrogens is 320 g/mol. The van der Waals surface area contributed by atoms with Gasteiger partial charge in [-0.3, -0.25) is 4.79 Å². The summed E-state index contributed by atoms with van der Waals surface area (Å²) in [5.41, 5.74) is 1.80. The maximum Gasteiger partial charge on any atom is 0.231 e. The Bertz CT molecular complexity index is 814. The van der Waals surface area contributed by atoms with E-state index < -0.39 is 0 Å². The van der Waals surface area contributed by atoms with Gasteiger partial charge in [-0.05, 0) is 48.2 Å². The van der Waals surface area contributed by atoms with Gasteiger partial charge >= 0.3 is 0 Å². The third kappa shape index (κ3) is 3.02. The molecule has 0 amide bonds. The van der Waals surface area contributed by atoms with Crippen LogP contribution in [0.5, 0.6) is 23.0 Å².